The molecule has 1 aliphatic rings. The molecule has 0 spiro atoms. The number of nitro groups is 1. The van der Waals surface area contributed by atoms with Gasteiger partial charge in [-0.3, -0.25) is 24.4 Å². The van der Waals surface area contributed by atoms with Gasteiger partial charge in [0.05, 0.1) is 27.7 Å². The first-order valence-corrected chi connectivity index (χ1v) is 14.0. The second kappa shape index (κ2) is 10.6. The Morgan fingerprint density at radius 1 is 0.952 bits per heavy atom. The molecule has 210 valence electrons. The zero-order valence-electron chi connectivity index (χ0n) is 23.0. The number of carbonyl (C=O) groups is 1. The molecule has 0 atom stereocenters. The van der Waals surface area contributed by atoms with Gasteiger partial charge in [-0.1, -0.05) is 36.4 Å². The van der Waals surface area contributed by atoms with Gasteiger partial charge in [-0.15, -0.1) is 11.3 Å². The highest BCUT2D eigenvalue weighted by Crippen LogP contribution is 2.30. The molecule has 0 unspecified atom stereocenters. The van der Waals surface area contributed by atoms with E-state index in [9.17, 15) is 19.7 Å². The van der Waals surface area contributed by atoms with E-state index in [-0.39, 0.29) is 28.6 Å². The summed E-state index contributed by atoms with van der Waals surface area (Å²) in [5, 5.41) is 17.9. The van der Waals surface area contributed by atoms with Crippen molar-refractivity contribution in [3.05, 3.63) is 121 Å². The van der Waals surface area contributed by atoms with Gasteiger partial charge in [0.25, 0.3) is 17.2 Å². The van der Waals surface area contributed by atoms with E-state index < -0.39 is 4.92 Å². The van der Waals surface area contributed by atoms with Gasteiger partial charge in [-0.25, -0.2) is 14.4 Å². The number of likely N-dealkylation sites (N-methyl/N-ethyl adjacent to an activating group) is 1. The molecule has 42 heavy (non-hydrogen) atoms. The summed E-state index contributed by atoms with van der Waals surface area (Å²) in [6.07, 6.45) is 0. The number of nitrogens with zero attached hydrogens (tertiary/aromatic N) is 7. The van der Waals surface area contributed by atoms with Crippen molar-refractivity contribution in [1.29, 1.82) is 0 Å². The number of hydrogen-bond acceptors (Lipinski definition) is 7. The Labute approximate surface area is 243 Å². The van der Waals surface area contributed by atoms with Crippen molar-refractivity contribution in [3.8, 4) is 16.9 Å². The van der Waals surface area contributed by atoms with E-state index >= 15 is 0 Å². The van der Waals surface area contributed by atoms with Gasteiger partial charge in [0.1, 0.15) is 0 Å². The summed E-state index contributed by atoms with van der Waals surface area (Å²) >= 11 is 1.25. The van der Waals surface area contributed by atoms with E-state index in [0.29, 0.717) is 39.5 Å². The molecule has 6 rings (SSSR count). The van der Waals surface area contributed by atoms with Crippen LogP contribution in [-0.4, -0.2) is 37.1 Å². The predicted molar refractivity (Wildman–Crippen MR) is 162 cm³/mol. The van der Waals surface area contributed by atoms with Crippen LogP contribution in [0.3, 0.4) is 0 Å². The molecule has 0 saturated carbocycles. The normalized spacial score (nSPS) is 14.2. The van der Waals surface area contributed by atoms with E-state index in [1.165, 1.54) is 28.1 Å². The SMILES string of the molecule is CCN1C(=O)C(=Nn2c(-c3ccc([N+](=O)[O-])cc3)csc2=Nc2c(C)n(C)n(-c3ccccc3)c2=O)c2ccccc21. The lowest BCUT2D eigenvalue weighted by Crippen LogP contribution is -2.30. The lowest BCUT2D eigenvalue weighted by molar-refractivity contribution is -0.384. The number of hydrogen-bond donors (Lipinski definition) is 0. The van der Waals surface area contributed by atoms with Crippen LogP contribution in [-0.2, 0) is 11.8 Å². The minimum atomic E-state index is -0.462. The second-order valence-electron chi connectivity index (χ2n) is 9.56. The van der Waals surface area contributed by atoms with Crippen molar-refractivity contribution in [2.24, 2.45) is 17.1 Å². The van der Waals surface area contributed by atoms with Crippen LogP contribution in [0.5, 0.6) is 0 Å². The highest BCUT2D eigenvalue weighted by Gasteiger charge is 2.33. The van der Waals surface area contributed by atoms with Gasteiger partial charge in [0.15, 0.2) is 11.4 Å². The maximum Gasteiger partial charge on any atom is 0.297 e. The van der Waals surface area contributed by atoms with Crippen molar-refractivity contribution in [2.45, 2.75) is 13.8 Å². The monoisotopic (exact) mass is 579 g/mol. The number of rotatable bonds is 6. The van der Waals surface area contributed by atoms with Gasteiger partial charge in [-0.2, -0.15) is 5.10 Å². The maximum absolute atomic E-state index is 13.6. The van der Waals surface area contributed by atoms with Crippen LogP contribution in [0.1, 0.15) is 18.2 Å². The van der Waals surface area contributed by atoms with Crippen molar-refractivity contribution in [1.82, 2.24) is 14.0 Å². The fourth-order valence-electron chi connectivity index (χ4n) is 4.98. The molecule has 0 radical (unpaired) electrons. The smallest absolute Gasteiger partial charge is 0.297 e. The molecule has 5 aromatic rings. The first-order valence-electron chi connectivity index (χ1n) is 13.1. The summed E-state index contributed by atoms with van der Waals surface area (Å²) in [4.78, 5) is 44.7. The molecule has 0 aliphatic carbocycles. The number of benzene rings is 3. The summed E-state index contributed by atoms with van der Waals surface area (Å²) in [5.41, 5.74) is 4.13. The molecule has 0 N–H and O–H groups in total. The number of carbonyl (C=O) groups excluding carboxylic acids is 1. The lowest BCUT2D eigenvalue weighted by atomic mass is 10.1. The van der Waals surface area contributed by atoms with Crippen molar-refractivity contribution in [2.75, 3.05) is 11.4 Å². The third kappa shape index (κ3) is 4.38. The molecule has 2 aromatic heterocycles. The molecule has 3 heterocycles. The highest BCUT2D eigenvalue weighted by atomic mass is 32.1. The number of anilines is 1. The molecule has 0 saturated heterocycles. The third-order valence-electron chi connectivity index (χ3n) is 7.20. The Hall–Kier alpha value is -5.36. The molecule has 3 aromatic carbocycles. The minimum absolute atomic E-state index is 0.0448. The summed E-state index contributed by atoms with van der Waals surface area (Å²) in [6, 6.07) is 22.8. The molecule has 11 nitrogen and oxygen atoms in total. The number of thiazole rings is 1. The van der Waals surface area contributed by atoms with Crippen LogP contribution in [0.15, 0.2) is 99.1 Å². The second-order valence-corrected chi connectivity index (χ2v) is 10.4. The van der Waals surface area contributed by atoms with E-state index in [1.54, 1.807) is 38.8 Å². The van der Waals surface area contributed by atoms with Gasteiger partial charge in [0, 0.05) is 42.2 Å². The fourth-order valence-corrected chi connectivity index (χ4v) is 5.81. The van der Waals surface area contributed by atoms with Crippen LogP contribution in [0.2, 0.25) is 0 Å². The van der Waals surface area contributed by atoms with Gasteiger partial charge in [-0.05, 0) is 44.2 Å². The average Bonchev–Trinajstić information content (AvgIpc) is 3.59. The quantitative estimate of drug-likeness (QED) is 0.213. The van der Waals surface area contributed by atoms with Crippen molar-refractivity contribution < 1.29 is 9.72 Å². The van der Waals surface area contributed by atoms with Gasteiger partial charge < -0.3 is 4.90 Å². The van der Waals surface area contributed by atoms with Crippen molar-refractivity contribution >= 4 is 40.0 Å². The first-order chi connectivity index (χ1) is 20.3. The largest absolute Gasteiger partial charge is 0.307 e. The summed E-state index contributed by atoms with van der Waals surface area (Å²) in [7, 11) is 1.79. The summed E-state index contributed by atoms with van der Waals surface area (Å²) in [5.74, 6) is -0.250. The maximum atomic E-state index is 13.6. The van der Waals surface area contributed by atoms with E-state index in [2.05, 4.69) is 0 Å². The Morgan fingerprint density at radius 2 is 1.64 bits per heavy atom. The van der Waals surface area contributed by atoms with Crippen LogP contribution in [0.25, 0.3) is 16.9 Å². The fraction of sp³-hybridized carbons (Fsp3) is 0.133. The van der Waals surface area contributed by atoms with Crippen molar-refractivity contribution in [3.63, 3.8) is 0 Å². The Morgan fingerprint density at radius 3 is 2.33 bits per heavy atom. The van der Waals surface area contributed by atoms with Gasteiger partial charge >= 0.3 is 0 Å². The highest BCUT2D eigenvalue weighted by molar-refractivity contribution is 7.07. The Balaban J connectivity index is 1.59. The minimum Gasteiger partial charge on any atom is -0.307 e. The molecular weight excluding hydrogens is 554 g/mol. The summed E-state index contributed by atoms with van der Waals surface area (Å²) in [6.45, 7) is 4.18. The number of para-hydroxylation sites is 2. The standard InChI is InChI=1S/C30H25N7O4S/c1-4-34-24-13-9-8-12-23(24)27(28(34)38)32-35-25(20-14-16-22(17-15-20)37(40)41)18-42-30(35)31-26-19(2)33(3)36(29(26)39)21-10-6-5-7-11-21/h5-18H,4H2,1-3H3. The van der Waals surface area contributed by atoms with Gasteiger partial charge in [0.2, 0.25) is 4.80 Å². The topological polar surface area (TPSA) is 120 Å². The molecule has 0 fully saturated rings. The molecule has 0 bridgehead atoms. The van der Waals surface area contributed by atoms with E-state index in [0.717, 1.165) is 5.69 Å². The summed E-state index contributed by atoms with van der Waals surface area (Å²) < 4.78 is 4.83. The van der Waals surface area contributed by atoms with E-state index in [1.807, 2.05) is 68.4 Å². The molecule has 12 heteroatoms. The van der Waals surface area contributed by atoms with E-state index in [4.69, 9.17) is 10.1 Å². The first kappa shape index (κ1) is 26.8. The Kier molecular flexibility index (Phi) is 6.75. The zero-order chi connectivity index (χ0) is 29.5. The molecule has 1 amide bonds. The van der Waals surface area contributed by atoms with Crippen LogP contribution in [0, 0.1) is 17.0 Å². The third-order valence-corrected chi connectivity index (χ3v) is 8.02. The van der Waals surface area contributed by atoms with Crippen LogP contribution < -0.4 is 15.3 Å². The zero-order valence-corrected chi connectivity index (χ0v) is 23.8. The number of amides is 1. The average molecular weight is 580 g/mol. The number of non-ortho nitro benzene ring substituents is 1. The number of aromatic nitrogens is 3. The van der Waals surface area contributed by atoms with Crippen LogP contribution in [0.4, 0.5) is 17.1 Å². The Bertz CT molecular complexity index is 2020. The molecule has 1 aliphatic heterocycles. The van der Waals surface area contributed by atoms with Crippen LogP contribution >= 0.6 is 11.3 Å². The number of nitro benzene ring substituents is 1. The lowest BCUT2D eigenvalue weighted by Gasteiger charge is -2.13. The number of fused-ring (bicyclic) bond motifs is 1. The predicted octanol–water partition coefficient (Wildman–Crippen LogP) is 4.77. The molecular formula is C30H25N7O4S.